The van der Waals surface area contributed by atoms with Crippen LogP contribution in [0.2, 0.25) is 0 Å². The first-order valence-electron chi connectivity index (χ1n) is 9.07. The van der Waals surface area contributed by atoms with Crippen molar-refractivity contribution in [1.29, 1.82) is 0 Å². The smallest absolute Gasteiger partial charge is 0.346 e. The Hall–Kier alpha value is -2.68. The number of carbonyl (C=O) groups is 2. The number of carboxylic acid groups (broad SMARTS) is 2. The van der Waals surface area contributed by atoms with Gasteiger partial charge in [-0.3, -0.25) is 4.90 Å². The number of furan rings is 1. The van der Waals surface area contributed by atoms with Crippen LogP contribution in [0.25, 0.3) is 0 Å². The van der Waals surface area contributed by atoms with Gasteiger partial charge in [-0.1, -0.05) is 6.42 Å². The van der Waals surface area contributed by atoms with Gasteiger partial charge in [-0.2, -0.15) is 0 Å². The largest absolute Gasteiger partial charge is 0.477 e. The van der Waals surface area contributed by atoms with Crippen molar-refractivity contribution in [2.75, 3.05) is 45.2 Å². The van der Waals surface area contributed by atoms with Crippen LogP contribution >= 0.6 is 0 Å². The zero-order valence-corrected chi connectivity index (χ0v) is 15.8. The van der Waals surface area contributed by atoms with Crippen LogP contribution < -0.4 is 15.5 Å². The maximum atomic E-state index is 11.1. The molecule has 9 nitrogen and oxygen atoms in total. The molecule has 9 heteroatoms. The molecule has 27 heavy (non-hydrogen) atoms. The molecule has 0 aliphatic carbocycles. The number of rotatable bonds is 10. The number of piperidine rings is 1. The third kappa shape index (κ3) is 5.92. The number of aliphatic carboxylic acids is 2. The fourth-order valence-corrected chi connectivity index (χ4v) is 3.06. The number of likely N-dealkylation sites (N-methyl/N-ethyl adjacent to an activating group) is 1. The lowest BCUT2D eigenvalue weighted by molar-refractivity contribution is -0.140. The monoisotopic (exact) mass is 380 g/mol. The zero-order chi connectivity index (χ0) is 19.8. The molecule has 150 valence electrons. The Morgan fingerprint density at radius 2 is 1.85 bits per heavy atom. The molecule has 1 aromatic rings. The Bertz CT molecular complexity index is 663. The quantitative estimate of drug-likeness (QED) is 0.267. The van der Waals surface area contributed by atoms with Crippen LogP contribution in [0.4, 0.5) is 5.88 Å². The number of anilines is 1. The average Bonchev–Trinajstić information content (AvgIpc) is 3.09. The first kappa shape index (κ1) is 20.6. The van der Waals surface area contributed by atoms with Crippen LogP contribution in [-0.2, 0) is 16.1 Å². The fourth-order valence-electron chi connectivity index (χ4n) is 3.06. The summed E-state index contributed by atoms with van der Waals surface area (Å²) in [7, 11) is 3.33. The lowest BCUT2D eigenvalue weighted by Crippen LogP contribution is -2.35. The minimum absolute atomic E-state index is 0.0337. The van der Waals surface area contributed by atoms with Gasteiger partial charge in [0.15, 0.2) is 11.5 Å². The van der Waals surface area contributed by atoms with Crippen molar-refractivity contribution in [3.05, 3.63) is 29.3 Å². The van der Waals surface area contributed by atoms with Crippen molar-refractivity contribution in [2.24, 2.45) is 0 Å². The Balaban J connectivity index is 1.88. The van der Waals surface area contributed by atoms with Crippen LogP contribution in [0.1, 0.15) is 25.0 Å². The van der Waals surface area contributed by atoms with E-state index in [2.05, 4.69) is 15.5 Å². The van der Waals surface area contributed by atoms with E-state index in [-0.39, 0.29) is 5.82 Å². The summed E-state index contributed by atoms with van der Waals surface area (Å²) >= 11 is 0. The molecule has 1 aromatic heterocycles. The molecule has 1 aliphatic rings. The molecular weight excluding hydrogens is 352 g/mol. The van der Waals surface area contributed by atoms with Crippen molar-refractivity contribution in [3.8, 4) is 0 Å². The lowest BCUT2D eigenvalue weighted by atomic mass is 10.1. The molecule has 0 spiro atoms. The molecule has 0 bridgehead atoms. The molecule has 1 fully saturated rings. The highest BCUT2D eigenvalue weighted by Gasteiger charge is 2.22. The number of likely N-dealkylation sites (tertiary alicyclic amines) is 1. The topological polar surface area (TPSA) is 118 Å². The molecular formula is C18H28N4O5. The third-order valence-corrected chi connectivity index (χ3v) is 4.53. The number of hydrogen-bond donors (Lipinski definition) is 4. The standard InChI is InChI=1S/C18H28N4O5/c1-19-16(15(17(23)24)18(25)26)20-8-11-21(2)14-7-6-13(27-14)12-22-9-4-3-5-10-22/h6-7,19-20H,3-5,8-12H2,1-2H3,(H,23,24)(H,25,26). The van der Waals surface area contributed by atoms with Crippen LogP contribution in [0.15, 0.2) is 27.9 Å². The van der Waals surface area contributed by atoms with E-state index in [0.717, 1.165) is 31.3 Å². The van der Waals surface area contributed by atoms with E-state index in [0.29, 0.717) is 13.1 Å². The Labute approximate surface area is 158 Å². The highest BCUT2D eigenvalue weighted by Crippen LogP contribution is 2.20. The van der Waals surface area contributed by atoms with Gasteiger partial charge in [0, 0.05) is 33.3 Å². The second-order valence-electron chi connectivity index (χ2n) is 6.54. The van der Waals surface area contributed by atoms with Gasteiger partial charge in [0.25, 0.3) is 0 Å². The molecule has 0 radical (unpaired) electrons. The second kappa shape index (κ2) is 9.86. The first-order chi connectivity index (χ1) is 12.9. The van der Waals surface area contributed by atoms with Gasteiger partial charge in [0.2, 0.25) is 0 Å². The van der Waals surface area contributed by atoms with Gasteiger partial charge in [0.1, 0.15) is 11.6 Å². The van der Waals surface area contributed by atoms with E-state index in [1.54, 1.807) is 0 Å². The molecule has 2 rings (SSSR count). The van der Waals surface area contributed by atoms with Crippen molar-refractivity contribution in [3.63, 3.8) is 0 Å². The second-order valence-corrected chi connectivity index (χ2v) is 6.54. The fraction of sp³-hybridized carbons (Fsp3) is 0.556. The van der Waals surface area contributed by atoms with Gasteiger partial charge in [0.05, 0.1) is 6.54 Å². The Kier molecular flexibility index (Phi) is 7.54. The summed E-state index contributed by atoms with van der Waals surface area (Å²) in [5, 5.41) is 23.4. The van der Waals surface area contributed by atoms with Crippen LogP contribution in [0, 0.1) is 0 Å². The Morgan fingerprint density at radius 3 is 2.44 bits per heavy atom. The molecule has 1 saturated heterocycles. The number of nitrogens with zero attached hydrogens (tertiary/aromatic N) is 2. The van der Waals surface area contributed by atoms with Crippen molar-refractivity contribution in [1.82, 2.24) is 15.5 Å². The van der Waals surface area contributed by atoms with Crippen LogP contribution in [0.3, 0.4) is 0 Å². The summed E-state index contributed by atoms with van der Waals surface area (Å²) < 4.78 is 5.90. The minimum Gasteiger partial charge on any atom is -0.477 e. The predicted octanol–water partition coefficient (Wildman–Crippen LogP) is 0.891. The normalized spacial score (nSPS) is 14.4. The molecule has 0 aromatic carbocycles. The number of carboxylic acids is 2. The van der Waals surface area contributed by atoms with E-state index in [4.69, 9.17) is 14.6 Å². The van der Waals surface area contributed by atoms with Gasteiger partial charge < -0.3 is 30.2 Å². The molecule has 0 amide bonds. The van der Waals surface area contributed by atoms with E-state index in [1.807, 2.05) is 24.1 Å². The molecule has 0 atom stereocenters. The highest BCUT2D eigenvalue weighted by molar-refractivity contribution is 6.13. The first-order valence-corrected chi connectivity index (χ1v) is 9.07. The molecule has 4 N–H and O–H groups in total. The van der Waals surface area contributed by atoms with Crippen molar-refractivity contribution >= 4 is 17.8 Å². The predicted molar refractivity (Wildman–Crippen MR) is 100 cm³/mol. The lowest BCUT2D eigenvalue weighted by Gasteiger charge is -2.25. The summed E-state index contributed by atoms with van der Waals surface area (Å²) in [6, 6.07) is 3.88. The van der Waals surface area contributed by atoms with Crippen molar-refractivity contribution < 1.29 is 24.2 Å². The average molecular weight is 380 g/mol. The van der Waals surface area contributed by atoms with Gasteiger partial charge in [-0.15, -0.1) is 0 Å². The summed E-state index contributed by atoms with van der Waals surface area (Å²) in [4.78, 5) is 26.4. The maximum Gasteiger partial charge on any atom is 0.346 e. The van der Waals surface area contributed by atoms with Gasteiger partial charge in [-0.05, 0) is 32.0 Å². The van der Waals surface area contributed by atoms with E-state index in [9.17, 15) is 9.59 Å². The summed E-state index contributed by atoms with van der Waals surface area (Å²) in [6.07, 6.45) is 3.76. The molecule has 1 aliphatic heterocycles. The maximum absolute atomic E-state index is 11.1. The summed E-state index contributed by atoms with van der Waals surface area (Å²) in [5.41, 5.74) is -0.720. The number of nitrogens with one attached hydrogen (secondary N) is 2. The molecule has 0 unspecified atom stereocenters. The highest BCUT2D eigenvalue weighted by atomic mass is 16.4. The van der Waals surface area contributed by atoms with Crippen molar-refractivity contribution in [2.45, 2.75) is 25.8 Å². The summed E-state index contributed by atoms with van der Waals surface area (Å²) in [6.45, 7) is 3.86. The van der Waals surface area contributed by atoms with Gasteiger partial charge in [-0.25, -0.2) is 9.59 Å². The Morgan fingerprint density at radius 1 is 1.19 bits per heavy atom. The van der Waals surface area contributed by atoms with Crippen LogP contribution in [-0.4, -0.2) is 67.3 Å². The van der Waals surface area contributed by atoms with Gasteiger partial charge >= 0.3 is 11.9 Å². The minimum atomic E-state index is -1.50. The summed E-state index contributed by atoms with van der Waals surface area (Å²) in [5.74, 6) is -1.40. The number of hydrogen-bond acceptors (Lipinski definition) is 7. The molecule has 0 saturated carbocycles. The van der Waals surface area contributed by atoms with E-state index in [1.165, 1.54) is 26.3 Å². The zero-order valence-electron chi connectivity index (χ0n) is 15.8. The van der Waals surface area contributed by atoms with E-state index >= 15 is 0 Å². The van der Waals surface area contributed by atoms with E-state index < -0.39 is 17.5 Å². The molecule has 2 heterocycles. The SMILES string of the molecule is CNC(NCCN(C)c1ccc(CN2CCCCC2)o1)=C(C(=O)O)C(=O)O. The van der Waals surface area contributed by atoms with Crippen LogP contribution in [0.5, 0.6) is 0 Å². The third-order valence-electron chi connectivity index (χ3n) is 4.53.